The first-order valence-electron chi connectivity index (χ1n) is 10.5. The highest BCUT2D eigenvalue weighted by Crippen LogP contribution is 2.19. The SMILES string of the molecule is O=C(CCSc1ccccc1)N/N=C/c1ccc(OCc2ccc3ccccc3c2)cc1. The normalized spacial score (nSPS) is 11.0. The van der Waals surface area contributed by atoms with Gasteiger partial charge in [0.2, 0.25) is 5.91 Å². The summed E-state index contributed by atoms with van der Waals surface area (Å²) in [5.41, 5.74) is 4.60. The van der Waals surface area contributed by atoms with Gasteiger partial charge in [-0.1, -0.05) is 54.6 Å². The zero-order chi connectivity index (χ0) is 22.0. The van der Waals surface area contributed by atoms with Crippen LogP contribution < -0.4 is 10.2 Å². The van der Waals surface area contributed by atoms with Crippen molar-refractivity contribution in [3.8, 4) is 5.75 Å². The largest absolute Gasteiger partial charge is 0.489 e. The molecule has 0 bridgehead atoms. The Bertz CT molecular complexity index is 1190. The lowest BCUT2D eigenvalue weighted by Gasteiger charge is -2.07. The summed E-state index contributed by atoms with van der Waals surface area (Å²) in [6, 6.07) is 32.3. The molecule has 0 unspecified atom stereocenters. The van der Waals surface area contributed by atoms with Crippen LogP contribution in [0.1, 0.15) is 17.5 Å². The topological polar surface area (TPSA) is 50.7 Å². The van der Waals surface area contributed by atoms with Crippen molar-refractivity contribution >= 4 is 34.7 Å². The van der Waals surface area contributed by atoms with Crippen molar-refractivity contribution in [2.45, 2.75) is 17.9 Å². The van der Waals surface area contributed by atoms with Gasteiger partial charge in [-0.15, -0.1) is 11.8 Å². The lowest BCUT2D eigenvalue weighted by molar-refractivity contribution is -0.120. The lowest BCUT2D eigenvalue weighted by atomic mass is 10.1. The molecule has 160 valence electrons. The molecule has 0 aliphatic rings. The van der Waals surface area contributed by atoms with Gasteiger partial charge in [-0.3, -0.25) is 4.79 Å². The first kappa shape index (κ1) is 21.7. The van der Waals surface area contributed by atoms with E-state index >= 15 is 0 Å². The van der Waals surface area contributed by atoms with E-state index in [0.717, 1.165) is 21.8 Å². The number of nitrogens with one attached hydrogen (secondary N) is 1. The minimum atomic E-state index is -0.0972. The average molecular weight is 441 g/mol. The third-order valence-corrected chi connectivity index (χ3v) is 5.86. The van der Waals surface area contributed by atoms with Gasteiger partial charge >= 0.3 is 0 Å². The van der Waals surface area contributed by atoms with Crippen LogP contribution in [0.4, 0.5) is 0 Å². The van der Waals surface area contributed by atoms with E-state index in [1.807, 2.05) is 66.7 Å². The molecule has 0 spiro atoms. The fourth-order valence-corrected chi connectivity index (χ4v) is 4.03. The number of fused-ring (bicyclic) bond motifs is 1. The molecule has 4 nitrogen and oxygen atoms in total. The summed E-state index contributed by atoms with van der Waals surface area (Å²) in [4.78, 5) is 13.1. The number of hydrogen-bond acceptors (Lipinski definition) is 4. The summed E-state index contributed by atoms with van der Waals surface area (Å²) >= 11 is 1.66. The number of hydrogen-bond donors (Lipinski definition) is 1. The van der Waals surface area contributed by atoms with E-state index in [2.05, 4.69) is 40.9 Å². The Labute approximate surface area is 192 Å². The molecule has 32 heavy (non-hydrogen) atoms. The van der Waals surface area contributed by atoms with Crippen molar-refractivity contribution in [1.29, 1.82) is 0 Å². The molecule has 0 radical (unpaired) electrons. The third-order valence-electron chi connectivity index (χ3n) is 4.84. The summed E-state index contributed by atoms with van der Waals surface area (Å²) in [5.74, 6) is 1.41. The molecule has 0 aliphatic heterocycles. The van der Waals surface area contributed by atoms with E-state index in [1.54, 1.807) is 18.0 Å². The first-order chi connectivity index (χ1) is 15.8. The number of amides is 1. The molecule has 1 N–H and O–H groups in total. The molecule has 0 atom stereocenters. The Balaban J connectivity index is 1.20. The van der Waals surface area contributed by atoms with Crippen LogP contribution in [0.15, 0.2) is 107 Å². The minimum absolute atomic E-state index is 0.0972. The van der Waals surface area contributed by atoms with E-state index in [0.29, 0.717) is 18.8 Å². The number of nitrogens with zero attached hydrogens (tertiary/aromatic N) is 1. The van der Waals surface area contributed by atoms with Crippen LogP contribution in [-0.2, 0) is 11.4 Å². The van der Waals surface area contributed by atoms with Gasteiger partial charge in [0.1, 0.15) is 12.4 Å². The summed E-state index contributed by atoms with van der Waals surface area (Å²) in [7, 11) is 0. The smallest absolute Gasteiger partial charge is 0.240 e. The molecule has 0 heterocycles. The Hall–Kier alpha value is -3.57. The van der Waals surface area contributed by atoms with Gasteiger partial charge in [0.15, 0.2) is 0 Å². The lowest BCUT2D eigenvalue weighted by Crippen LogP contribution is -2.17. The Morgan fingerprint density at radius 3 is 2.44 bits per heavy atom. The zero-order valence-corrected chi connectivity index (χ0v) is 18.4. The molecule has 4 aromatic rings. The number of rotatable bonds is 9. The van der Waals surface area contributed by atoms with Crippen LogP contribution in [0, 0.1) is 0 Å². The van der Waals surface area contributed by atoms with Crippen LogP contribution in [0.25, 0.3) is 10.8 Å². The van der Waals surface area contributed by atoms with Crippen molar-refractivity contribution in [2.75, 3.05) is 5.75 Å². The highest BCUT2D eigenvalue weighted by atomic mass is 32.2. The van der Waals surface area contributed by atoms with Crippen LogP contribution in [0.5, 0.6) is 5.75 Å². The molecule has 0 fully saturated rings. The predicted octanol–water partition coefficient (Wildman–Crippen LogP) is 6.05. The summed E-state index contributed by atoms with van der Waals surface area (Å²) < 4.78 is 5.90. The molecule has 1 amide bonds. The summed E-state index contributed by atoms with van der Waals surface area (Å²) in [5, 5.41) is 6.48. The summed E-state index contributed by atoms with van der Waals surface area (Å²) in [6.07, 6.45) is 2.05. The maximum atomic E-state index is 11.9. The second-order valence-corrected chi connectivity index (χ2v) is 8.41. The van der Waals surface area contributed by atoms with Crippen molar-refractivity contribution in [2.24, 2.45) is 5.10 Å². The van der Waals surface area contributed by atoms with E-state index in [4.69, 9.17) is 4.74 Å². The van der Waals surface area contributed by atoms with E-state index in [9.17, 15) is 4.79 Å². The van der Waals surface area contributed by atoms with Crippen molar-refractivity contribution in [3.63, 3.8) is 0 Å². The second kappa shape index (κ2) is 11.2. The van der Waals surface area contributed by atoms with E-state index < -0.39 is 0 Å². The molecule has 0 saturated carbocycles. The fourth-order valence-electron chi connectivity index (χ4n) is 3.16. The van der Waals surface area contributed by atoms with E-state index in [1.165, 1.54) is 10.8 Å². The van der Waals surface area contributed by atoms with Gasteiger partial charge in [0, 0.05) is 17.1 Å². The van der Waals surface area contributed by atoms with Crippen molar-refractivity contribution < 1.29 is 9.53 Å². The monoisotopic (exact) mass is 440 g/mol. The number of thioether (sulfide) groups is 1. The molecule has 0 aromatic heterocycles. The van der Waals surface area contributed by atoms with Gasteiger partial charge in [0.25, 0.3) is 0 Å². The maximum Gasteiger partial charge on any atom is 0.240 e. The standard InChI is InChI=1S/C27H24N2O2S/c30-27(16-17-32-26-8-2-1-3-9-26)29-28-19-21-11-14-25(15-12-21)31-20-22-10-13-23-6-4-5-7-24(23)18-22/h1-15,18-19H,16-17,20H2,(H,29,30)/b28-19+. The minimum Gasteiger partial charge on any atom is -0.489 e. The molecule has 5 heteroatoms. The zero-order valence-electron chi connectivity index (χ0n) is 17.6. The molecular formula is C27H24N2O2S. The van der Waals surface area contributed by atoms with Crippen molar-refractivity contribution in [3.05, 3.63) is 108 Å². The first-order valence-corrected chi connectivity index (χ1v) is 11.5. The van der Waals surface area contributed by atoms with Crippen LogP contribution in [0.2, 0.25) is 0 Å². The maximum absolute atomic E-state index is 11.9. The molecule has 4 aromatic carbocycles. The third kappa shape index (κ3) is 6.46. The number of ether oxygens (including phenoxy) is 1. The van der Waals surface area contributed by atoms with Crippen LogP contribution in [-0.4, -0.2) is 17.9 Å². The fraction of sp³-hybridized carbons (Fsp3) is 0.111. The second-order valence-electron chi connectivity index (χ2n) is 7.24. The molecule has 0 saturated heterocycles. The van der Waals surface area contributed by atoms with Gasteiger partial charge in [-0.25, -0.2) is 5.43 Å². The van der Waals surface area contributed by atoms with Gasteiger partial charge in [0.05, 0.1) is 6.21 Å². The predicted molar refractivity (Wildman–Crippen MR) is 132 cm³/mol. The van der Waals surface area contributed by atoms with Gasteiger partial charge in [-0.2, -0.15) is 5.10 Å². The van der Waals surface area contributed by atoms with Crippen LogP contribution in [0.3, 0.4) is 0 Å². The number of carbonyl (C=O) groups excluding carboxylic acids is 1. The highest BCUT2D eigenvalue weighted by Gasteiger charge is 2.01. The van der Waals surface area contributed by atoms with Crippen LogP contribution >= 0.6 is 11.8 Å². The summed E-state index contributed by atoms with van der Waals surface area (Å²) in [6.45, 7) is 0.509. The Morgan fingerprint density at radius 1 is 0.875 bits per heavy atom. The number of benzene rings is 4. The average Bonchev–Trinajstić information content (AvgIpc) is 2.84. The number of carbonyl (C=O) groups is 1. The van der Waals surface area contributed by atoms with Gasteiger partial charge in [-0.05, 0) is 64.4 Å². The van der Waals surface area contributed by atoms with Gasteiger partial charge < -0.3 is 4.74 Å². The molecule has 0 aliphatic carbocycles. The van der Waals surface area contributed by atoms with Crippen molar-refractivity contribution in [1.82, 2.24) is 5.43 Å². The highest BCUT2D eigenvalue weighted by molar-refractivity contribution is 7.99. The molecule has 4 rings (SSSR count). The number of hydrazone groups is 1. The molecular weight excluding hydrogens is 416 g/mol. The quantitative estimate of drug-likeness (QED) is 0.196. The Morgan fingerprint density at radius 2 is 1.62 bits per heavy atom. The Kier molecular flexibility index (Phi) is 7.55. The van der Waals surface area contributed by atoms with E-state index in [-0.39, 0.29) is 5.91 Å².